The van der Waals surface area contributed by atoms with Gasteiger partial charge in [-0.15, -0.1) is 0 Å². The first kappa shape index (κ1) is 26.1. The minimum absolute atomic E-state index is 0.0515. The minimum atomic E-state index is -0.319. The van der Waals surface area contributed by atoms with Crippen LogP contribution in [0.2, 0.25) is 0 Å². The van der Waals surface area contributed by atoms with Crippen molar-refractivity contribution in [2.45, 2.75) is 26.7 Å². The van der Waals surface area contributed by atoms with E-state index in [2.05, 4.69) is 31.3 Å². The molecule has 0 aliphatic rings. The molecule has 4 aromatic rings. The molecule has 1 amide bonds. The molecule has 0 bridgehead atoms. The van der Waals surface area contributed by atoms with Crippen LogP contribution >= 0.6 is 15.9 Å². The van der Waals surface area contributed by atoms with Gasteiger partial charge in [0.05, 0.1) is 24.2 Å². The predicted octanol–water partition coefficient (Wildman–Crippen LogP) is 5.50. The van der Waals surface area contributed by atoms with Crippen LogP contribution < -0.4 is 20.3 Å². The van der Waals surface area contributed by atoms with Gasteiger partial charge in [0, 0.05) is 21.6 Å². The molecule has 190 valence electrons. The molecule has 0 aliphatic carbocycles. The molecule has 0 spiro atoms. The topological polar surface area (TPSA) is 94.8 Å². The number of nitrogens with one attached hydrogen (secondary N) is 1. The van der Waals surface area contributed by atoms with E-state index in [0.717, 1.165) is 10.0 Å². The average molecular weight is 563 g/mol. The predicted molar refractivity (Wildman–Crippen MR) is 149 cm³/mol. The average Bonchev–Trinajstić information content (AvgIpc) is 2.88. The van der Waals surface area contributed by atoms with Crippen molar-refractivity contribution >= 4 is 44.6 Å². The number of aryl methyl sites for hydroxylation is 1. The molecule has 3 aromatic carbocycles. The van der Waals surface area contributed by atoms with E-state index in [9.17, 15) is 9.59 Å². The van der Waals surface area contributed by atoms with Gasteiger partial charge in [-0.05, 0) is 49.4 Å². The Kier molecular flexibility index (Phi) is 8.03. The summed E-state index contributed by atoms with van der Waals surface area (Å²) in [6.07, 6.45) is 1.51. The normalized spacial score (nSPS) is 11.3. The van der Waals surface area contributed by atoms with Crippen molar-refractivity contribution in [2.75, 3.05) is 19.0 Å². The molecule has 1 aromatic heterocycles. The third-order valence-electron chi connectivity index (χ3n) is 5.57. The molecule has 0 saturated carbocycles. The standard InChI is InChI=1S/C28H27BrN4O4/c1-17(2)27-32-23-13-10-20(29)14-22(23)28(35)33(27)30-15-19-6-5-7-24(36-4)26(19)37-16-25(34)31-21-11-8-18(3)9-12-21/h5-15,17H,16H2,1-4H3,(H,31,34). The third kappa shape index (κ3) is 6.06. The van der Waals surface area contributed by atoms with E-state index in [1.54, 1.807) is 30.3 Å². The van der Waals surface area contributed by atoms with Crippen LogP contribution in [0, 0.1) is 6.92 Å². The molecule has 1 heterocycles. The van der Waals surface area contributed by atoms with Crippen LogP contribution in [0.15, 0.2) is 75.0 Å². The molecule has 0 fully saturated rings. The summed E-state index contributed by atoms with van der Waals surface area (Å²) in [4.78, 5) is 30.5. The fourth-order valence-corrected chi connectivity index (χ4v) is 4.05. The lowest BCUT2D eigenvalue weighted by Crippen LogP contribution is -2.23. The Bertz CT molecular complexity index is 1530. The van der Waals surface area contributed by atoms with Crippen molar-refractivity contribution in [1.82, 2.24) is 9.66 Å². The third-order valence-corrected chi connectivity index (χ3v) is 6.07. The fraction of sp³-hybridized carbons (Fsp3) is 0.214. The largest absolute Gasteiger partial charge is 0.493 e. The second-order valence-electron chi connectivity index (χ2n) is 8.73. The van der Waals surface area contributed by atoms with Gasteiger partial charge in [0.25, 0.3) is 11.5 Å². The molecule has 0 atom stereocenters. The van der Waals surface area contributed by atoms with Gasteiger partial charge in [-0.1, -0.05) is 53.5 Å². The van der Waals surface area contributed by atoms with Gasteiger partial charge in [0.15, 0.2) is 18.1 Å². The van der Waals surface area contributed by atoms with Crippen LogP contribution in [0.3, 0.4) is 0 Å². The first-order chi connectivity index (χ1) is 17.8. The highest BCUT2D eigenvalue weighted by atomic mass is 79.9. The number of aromatic nitrogens is 2. The molecule has 37 heavy (non-hydrogen) atoms. The van der Waals surface area contributed by atoms with Crippen LogP contribution in [0.25, 0.3) is 10.9 Å². The Balaban J connectivity index is 1.65. The molecule has 0 radical (unpaired) electrons. The summed E-state index contributed by atoms with van der Waals surface area (Å²) in [6.45, 7) is 5.64. The number of carbonyl (C=O) groups is 1. The maximum absolute atomic E-state index is 13.3. The summed E-state index contributed by atoms with van der Waals surface area (Å²) >= 11 is 3.42. The second kappa shape index (κ2) is 11.4. The van der Waals surface area contributed by atoms with Crippen molar-refractivity contribution in [3.05, 3.63) is 92.4 Å². The van der Waals surface area contributed by atoms with E-state index in [0.29, 0.717) is 39.5 Å². The Morgan fingerprint density at radius 1 is 1.16 bits per heavy atom. The number of anilines is 1. The maximum atomic E-state index is 13.3. The van der Waals surface area contributed by atoms with Crippen LogP contribution in [-0.4, -0.2) is 35.5 Å². The Hall–Kier alpha value is -3.98. The summed E-state index contributed by atoms with van der Waals surface area (Å²) in [5.41, 5.74) is 2.64. The number of amides is 1. The molecule has 1 N–H and O–H groups in total. The van der Waals surface area contributed by atoms with Crippen molar-refractivity contribution in [2.24, 2.45) is 5.10 Å². The van der Waals surface area contributed by atoms with Crippen LogP contribution in [0.4, 0.5) is 5.69 Å². The number of benzene rings is 3. The van der Waals surface area contributed by atoms with Crippen molar-refractivity contribution < 1.29 is 14.3 Å². The number of nitrogens with zero attached hydrogens (tertiary/aromatic N) is 3. The number of hydrogen-bond donors (Lipinski definition) is 1. The lowest BCUT2D eigenvalue weighted by Gasteiger charge is -2.14. The number of rotatable bonds is 8. The molecule has 4 rings (SSSR count). The highest BCUT2D eigenvalue weighted by Crippen LogP contribution is 2.30. The molecule has 9 heteroatoms. The Morgan fingerprint density at radius 2 is 1.92 bits per heavy atom. The van der Waals surface area contributed by atoms with Crippen LogP contribution in [0.5, 0.6) is 11.5 Å². The number of para-hydroxylation sites is 1. The van der Waals surface area contributed by atoms with E-state index in [-0.39, 0.29) is 24.0 Å². The number of carbonyl (C=O) groups excluding carboxylic acids is 1. The lowest BCUT2D eigenvalue weighted by atomic mass is 10.2. The quantitative estimate of drug-likeness (QED) is 0.286. The number of methoxy groups -OCH3 is 1. The SMILES string of the molecule is COc1cccc(C=Nn2c(C(C)C)nc3ccc(Br)cc3c2=O)c1OCC(=O)Nc1ccc(C)cc1. The van der Waals surface area contributed by atoms with Crippen molar-refractivity contribution in [1.29, 1.82) is 0 Å². The Labute approximate surface area is 223 Å². The first-order valence-corrected chi connectivity index (χ1v) is 12.5. The molecule has 0 unspecified atom stereocenters. The van der Waals surface area contributed by atoms with Gasteiger partial charge in [0.2, 0.25) is 0 Å². The summed E-state index contributed by atoms with van der Waals surface area (Å²) in [7, 11) is 1.52. The Morgan fingerprint density at radius 3 is 2.62 bits per heavy atom. The van der Waals surface area contributed by atoms with E-state index in [1.165, 1.54) is 18.0 Å². The fourth-order valence-electron chi connectivity index (χ4n) is 3.69. The summed E-state index contributed by atoms with van der Waals surface area (Å²) < 4.78 is 13.4. The van der Waals surface area contributed by atoms with Crippen molar-refractivity contribution in [3.63, 3.8) is 0 Å². The second-order valence-corrected chi connectivity index (χ2v) is 9.64. The molecule has 0 saturated heterocycles. The van der Waals surface area contributed by atoms with Gasteiger partial charge in [-0.3, -0.25) is 9.59 Å². The summed E-state index contributed by atoms with van der Waals surface area (Å²) in [5, 5.41) is 7.74. The van der Waals surface area contributed by atoms with E-state index in [1.807, 2.05) is 51.1 Å². The van der Waals surface area contributed by atoms with Crippen LogP contribution in [-0.2, 0) is 4.79 Å². The number of ether oxygens (including phenoxy) is 2. The monoisotopic (exact) mass is 562 g/mol. The van der Waals surface area contributed by atoms with E-state index in [4.69, 9.17) is 9.47 Å². The zero-order chi connectivity index (χ0) is 26.5. The highest BCUT2D eigenvalue weighted by molar-refractivity contribution is 9.10. The first-order valence-electron chi connectivity index (χ1n) is 11.7. The van der Waals surface area contributed by atoms with Gasteiger partial charge in [-0.2, -0.15) is 9.78 Å². The number of halogens is 1. The summed E-state index contributed by atoms with van der Waals surface area (Å²) in [6, 6.07) is 18.1. The molecule has 8 nitrogen and oxygen atoms in total. The minimum Gasteiger partial charge on any atom is -0.493 e. The maximum Gasteiger partial charge on any atom is 0.282 e. The number of hydrogen-bond acceptors (Lipinski definition) is 6. The highest BCUT2D eigenvalue weighted by Gasteiger charge is 2.15. The summed E-state index contributed by atoms with van der Waals surface area (Å²) in [5.74, 6) is 0.927. The molecular weight excluding hydrogens is 536 g/mol. The lowest BCUT2D eigenvalue weighted by molar-refractivity contribution is -0.118. The molecular formula is C28H27BrN4O4. The number of fused-ring (bicyclic) bond motifs is 1. The molecule has 0 aliphatic heterocycles. The van der Waals surface area contributed by atoms with Crippen LogP contribution in [0.1, 0.15) is 36.7 Å². The van der Waals surface area contributed by atoms with Crippen molar-refractivity contribution in [3.8, 4) is 11.5 Å². The van der Waals surface area contributed by atoms with Gasteiger partial charge in [0.1, 0.15) is 5.82 Å². The van der Waals surface area contributed by atoms with E-state index < -0.39 is 0 Å². The smallest absolute Gasteiger partial charge is 0.282 e. The van der Waals surface area contributed by atoms with Gasteiger partial charge in [-0.25, -0.2) is 4.98 Å². The van der Waals surface area contributed by atoms with Gasteiger partial charge < -0.3 is 14.8 Å². The zero-order valence-electron chi connectivity index (χ0n) is 21.0. The van der Waals surface area contributed by atoms with Gasteiger partial charge >= 0.3 is 0 Å². The zero-order valence-corrected chi connectivity index (χ0v) is 22.6. The van der Waals surface area contributed by atoms with E-state index >= 15 is 0 Å².